The van der Waals surface area contributed by atoms with Crippen molar-refractivity contribution in [2.24, 2.45) is 0 Å². The Hall–Kier alpha value is -3.07. The molecule has 0 amide bonds. The minimum atomic E-state index is -0.288. The summed E-state index contributed by atoms with van der Waals surface area (Å²) in [5, 5.41) is 2.33. The van der Waals surface area contributed by atoms with Gasteiger partial charge in [0.25, 0.3) is 0 Å². The quantitative estimate of drug-likeness (QED) is 0.502. The fraction of sp³-hybridized carbons (Fsp3) is 0.0952. The van der Waals surface area contributed by atoms with Crippen LogP contribution in [0.3, 0.4) is 0 Å². The number of hydrogen-bond donors (Lipinski definition) is 0. The van der Waals surface area contributed by atoms with Gasteiger partial charge in [-0.05, 0) is 42.0 Å². The maximum atomic E-state index is 12.4. The number of pyridine rings is 1. The van der Waals surface area contributed by atoms with Gasteiger partial charge in [0.05, 0.1) is 17.9 Å². The average molecular weight is 315 g/mol. The highest BCUT2D eigenvalue weighted by molar-refractivity contribution is 6.00. The van der Waals surface area contributed by atoms with Crippen molar-refractivity contribution in [1.29, 1.82) is 0 Å². The van der Waals surface area contributed by atoms with E-state index >= 15 is 0 Å². The monoisotopic (exact) mass is 315 g/mol. The zero-order chi connectivity index (χ0) is 16.5. The van der Waals surface area contributed by atoms with Crippen molar-refractivity contribution in [2.75, 3.05) is 6.61 Å². The van der Waals surface area contributed by atoms with E-state index in [4.69, 9.17) is 4.74 Å². The van der Waals surface area contributed by atoms with E-state index in [0.717, 1.165) is 22.2 Å². The molecule has 0 atom stereocenters. The van der Waals surface area contributed by atoms with Gasteiger partial charge in [-0.3, -0.25) is 0 Å². The third kappa shape index (κ3) is 2.35. The van der Waals surface area contributed by atoms with Gasteiger partial charge >= 0.3 is 5.97 Å². The standard InChI is InChI=1S/C21H17NO2/c1-2-24-21(23)19-14-18-9-5-6-12-22(18)20(19)17-11-10-15-7-3-4-8-16(15)13-17/h3-14H,2H2,1H3. The lowest BCUT2D eigenvalue weighted by atomic mass is 10.0. The second-order valence-corrected chi connectivity index (χ2v) is 5.68. The molecular formula is C21H17NO2. The topological polar surface area (TPSA) is 30.7 Å². The first-order valence-corrected chi connectivity index (χ1v) is 8.04. The van der Waals surface area contributed by atoms with Gasteiger partial charge < -0.3 is 9.14 Å². The lowest BCUT2D eigenvalue weighted by molar-refractivity contribution is 0.0527. The second kappa shape index (κ2) is 5.85. The average Bonchev–Trinajstić information content (AvgIpc) is 3.01. The van der Waals surface area contributed by atoms with Gasteiger partial charge in [0.1, 0.15) is 0 Å². The van der Waals surface area contributed by atoms with E-state index in [2.05, 4.69) is 30.3 Å². The Bertz CT molecular complexity index is 1050. The molecule has 3 nitrogen and oxygen atoms in total. The number of hydrogen-bond acceptors (Lipinski definition) is 2. The number of benzene rings is 2. The molecule has 0 bridgehead atoms. The van der Waals surface area contributed by atoms with Gasteiger partial charge in [0.15, 0.2) is 0 Å². The number of carbonyl (C=O) groups excluding carboxylic acids is 1. The predicted molar refractivity (Wildman–Crippen MR) is 96.3 cm³/mol. The molecule has 24 heavy (non-hydrogen) atoms. The van der Waals surface area contributed by atoms with E-state index in [1.165, 1.54) is 5.39 Å². The molecule has 0 spiro atoms. The molecule has 0 saturated heterocycles. The van der Waals surface area contributed by atoms with E-state index in [1.807, 2.05) is 53.9 Å². The number of esters is 1. The van der Waals surface area contributed by atoms with Crippen LogP contribution in [0, 0.1) is 0 Å². The van der Waals surface area contributed by atoms with Gasteiger partial charge in [0, 0.05) is 17.3 Å². The molecule has 0 aliphatic heterocycles. The largest absolute Gasteiger partial charge is 0.462 e. The van der Waals surface area contributed by atoms with Crippen LogP contribution in [0.25, 0.3) is 27.5 Å². The predicted octanol–water partition coefficient (Wildman–Crippen LogP) is 4.94. The van der Waals surface area contributed by atoms with E-state index in [1.54, 1.807) is 0 Å². The fourth-order valence-corrected chi connectivity index (χ4v) is 3.12. The van der Waals surface area contributed by atoms with E-state index in [-0.39, 0.29) is 5.97 Å². The van der Waals surface area contributed by atoms with Crippen LogP contribution in [0.15, 0.2) is 72.9 Å². The summed E-state index contributed by atoms with van der Waals surface area (Å²) in [5.41, 5.74) is 3.44. The Balaban J connectivity index is 1.99. The molecule has 0 saturated carbocycles. The third-order valence-corrected chi connectivity index (χ3v) is 4.20. The van der Waals surface area contributed by atoms with E-state index in [0.29, 0.717) is 12.2 Å². The highest BCUT2D eigenvalue weighted by atomic mass is 16.5. The van der Waals surface area contributed by atoms with Gasteiger partial charge in [-0.2, -0.15) is 0 Å². The van der Waals surface area contributed by atoms with Gasteiger partial charge in [-0.25, -0.2) is 4.79 Å². The van der Waals surface area contributed by atoms with Gasteiger partial charge in [-0.15, -0.1) is 0 Å². The minimum Gasteiger partial charge on any atom is -0.462 e. The van der Waals surface area contributed by atoms with Crippen LogP contribution in [0.1, 0.15) is 17.3 Å². The zero-order valence-corrected chi connectivity index (χ0v) is 13.4. The summed E-state index contributed by atoms with van der Waals surface area (Å²) in [7, 11) is 0. The SMILES string of the molecule is CCOC(=O)c1cc2ccccn2c1-c1ccc2ccccc2c1. The first kappa shape index (κ1) is 14.5. The summed E-state index contributed by atoms with van der Waals surface area (Å²) < 4.78 is 7.29. The summed E-state index contributed by atoms with van der Waals surface area (Å²) in [4.78, 5) is 12.4. The lowest BCUT2D eigenvalue weighted by Gasteiger charge is -2.08. The molecule has 0 unspecified atom stereocenters. The van der Waals surface area contributed by atoms with Gasteiger partial charge in [-0.1, -0.05) is 42.5 Å². The second-order valence-electron chi connectivity index (χ2n) is 5.68. The van der Waals surface area contributed by atoms with Crippen LogP contribution < -0.4 is 0 Å². The van der Waals surface area contributed by atoms with Gasteiger partial charge in [0.2, 0.25) is 0 Å². The Labute approximate surface area is 140 Å². The summed E-state index contributed by atoms with van der Waals surface area (Å²) in [5.74, 6) is -0.288. The Morgan fingerprint density at radius 2 is 1.75 bits per heavy atom. The molecule has 2 aromatic carbocycles. The minimum absolute atomic E-state index is 0.288. The van der Waals surface area contributed by atoms with Crippen molar-refractivity contribution < 1.29 is 9.53 Å². The maximum absolute atomic E-state index is 12.4. The highest BCUT2D eigenvalue weighted by Crippen LogP contribution is 2.30. The number of aromatic nitrogens is 1. The third-order valence-electron chi connectivity index (χ3n) is 4.20. The molecule has 2 aromatic heterocycles. The molecule has 4 rings (SSSR count). The number of fused-ring (bicyclic) bond motifs is 2. The smallest absolute Gasteiger partial charge is 0.340 e. The maximum Gasteiger partial charge on any atom is 0.340 e. The molecule has 2 heterocycles. The number of carbonyl (C=O) groups is 1. The summed E-state index contributed by atoms with van der Waals surface area (Å²) in [6.45, 7) is 2.19. The van der Waals surface area contributed by atoms with E-state index in [9.17, 15) is 4.79 Å². The van der Waals surface area contributed by atoms with Crippen molar-refractivity contribution >= 4 is 22.3 Å². The summed E-state index contributed by atoms with van der Waals surface area (Å²) >= 11 is 0. The van der Waals surface area contributed by atoms with Crippen molar-refractivity contribution in [1.82, 2.24) is 4.40 Å². The molecule has 0 aliphatic rings. The van der Waals surface area contributed by atoms with Crippen LogP contribution in [0.5, 0.6) is 0 Å². The Morgan fingerprint density at radius 3 is 2.58 bits per heavy atom. The van der Waals surface area contributed by atoms with Crippen LogP contribution in [0.4, 0.5) is 0 Å². The molecule has 0 fully saturated rings. The zero-order valence-electron chi connectivity index (χ0n) is 13.4. The molecule has 4 aromatic rings. The van der Waals surface area contributed by atoms with E-state index < -0.39 is 0 Å². The highest BCUT2D eigenvalue weighted by Gasteiger charge is 2.19. The van der Waals surface area contributed by atoms with Crippen LogP contribution >= 0.6 is 0 Å². The van der Waals surface area contributed by atoms with Crippen molar-refractivity contribution in [3.05, 3.63) is 78.5 Å². The first-order chi connectivity index (χ1) is 11.8. The molecular weight excluding hydrogens is 298 g/mol. The molecule has 0 radical (unpaired) electrons. The molecule has 3 heteroatoms. The van der Waals surface area contributed by atoms with Crippen molar-refractivity contribution in [3.63, 3.8) is 0 Å². The number of nitrogens with zero attached hydrogens (tertiary/aromatic N) is 1. The van der Waals surface area contributed by atoms with Crippen LogP contribution in [-0.4, -0.2) is 17.0 Å². The summed E-state index contributed by atoms with van der Waals surface area (Å²) in [6.07, 6.45) is 1.97. The van der Waals surface area contributed by atoms with Crippen molar-refractivity contribution in [2.45, 2.75) is 6.92 Å². The Kier molecular flexibility index (Phi) is 3.54. The number of rotatable bonds is 3. The van der Waals surface area contributed by atoms with Crippen LogP contribution in [0.2, 0.25) is 0 Å². The lowest BCUT2D eigenvalue weighted by Crippen LogP contribution is -2.05. The molecule has 0 aliphatic carbocycles. The van der Waals surface area contributed by atoms with Crippen LogP contribution in [-0.2, 0) is 4.74 Å². The summed E-state index contributed by atoms with van der Waals surface area (Å²) in [6, 6.07) is 22.3. The fourth-order valence-electron chi connectivity index (χ4n) is 3.12. The number of ether oxygens (including phenoxy) is 1. The molecule has 0 N–H and O–H groups in total. The first-order valence-electron chi connectivity index (χ1n) is 8.04. The molecule has 118 valence electrons. The Morgan fingerprint density at radius 1 is 0.958 bits per heavy atom. The van der Waals surface area contributed by atoms with Crippen molar-refractivity contribution in [3.8, 4) is 11.3 Å². The normalized spacial score (nSPS) is 11.0.